The molecule has 3 unspecified atom stereocenters. The molecule has 1 amide bonds. The minimum atomic E-state index is 0.113. The Kier molecular flexibility index (Phi) is 5.47. The van der Waals surface area contributed by atoms with E-state index >= 15 is 0 Å². The SMILES string of the molecule is CN=C(NC=O)C1=C(C)NC(N2CCOCC2)C=C1N1CC2CCC(C1)O2. The fourth-order valence-electron chi connectivity index (χ4n) is 4.49. The van der Waals surface area contributed by atoms with Crippen molar-refractivity contribution in [2.75, 3.05) is 46.4 Å². The van der Waals surface area contributed by atoms with Crippen molar-refractivity contribution in [1.82, 2.24) is 20.4 Å². The smallest absolute Gasteiger partial charge is 0.212 e. The molecule has 3 fully saturated rings. The number of allylic oxidation sites excluding steroid dienone is 1. The number of morpholine rings is 2. The molecule has 0 aliphatic carbocycles. The van der Waals surface area contributed by atoms with Gasteiger partial charge >= 0.3 is 0 Å². The molecule has 4 aliphatic heterocycles. The predicted octanol–water partition coefficient (Wildman–Crippen LogP) is 0.0433. The Morgan fingerprint density at radius 2 is 2.00 bits per heavy atom. The van der Waals surface area contributed by atoms with E-state index in [1.807, 2.05) is 0 Å². The summed E-state index contributed by atoms with van der Waals surface area (Å²) in [5.41, 5.74) is 3.13. The third kappa shape index (κ3) is 3.74. The second kappa shape index (κ2) is 8.00. The van der Waals surface area contributed by atoms with Crippen LogP contribution in [-0.4, -0.2) is 86.9 Å². The second-order valence-corrected chi connectivity index (χ2v) is 7.49. The molecular formula is C19H29N5O3. The van der Waals surface area contributed by atoms with Gasteiger partial charge in [0.25, 0.3) is 0 Å². The summed E-state index contributed by atoms with van der Waals surface area (Å²) in [5.74, 6) is 0.598. The molecule has 27 heavy (non-hydrogen) atoms. The molecule has 4 aliphatic rings. The van der Waals surface area contributed by atoms with Gasteiger partial charge in [0.05, 0.1) is 31.0 Å². The molecule has 0 saturated carbocycles. The first-order valence-electron chi connectivity index (χ1n) is 9.78. The maximum absolute atomic E-state index is 11.1. The zero-order valence-corrected chi connectivity index (χ0v) is 16.1. The van der Waals surface area contributed by atoms with Crippen LogP contribution < -0.4 is 10.6 Å². The average molecular weight is 375 g/mol. The Bertz CT molecular complexity index is 656. The number of nitrogens with one attached hydrogen (secondary N) is 2. The van der Waals surface area contributed by atoms with Gasteiger partial charge in [-0.05, 0) is 25.8 Å². The summed E-state index contributed by atoms with van der Waals surface area (Å²) in [7, 11) is 1.71. The molecule has 0 spiro atoms. The van der Waals surface area contributed by atoms with E-state index in [-0.39, 0.29) is 6.17 Å². The van der Waals surface area contributed by atoms with Gasteiger partial charge in [-0.15, -0.1) is 0 Å². The van der Waals surface area contributed by atoms with Crippen molar-refractivity contribution >= 4 is 12.2 Å². The largest absolute Gasteiger partial charge is 0.379 e. The zero-order valence-electron chi connectivity index (χ0n) is 16.1. The third-order valence-corrected chi connectivity index (χ3v) is 5.79. The molecule has 8 heteroatoms. The topological polar surface area (TPSA) is 78.4 Å². The normalized spacial score (nSPS) is 32.2. The molecule has 8 nitrogen and oxygen atoms in total. The van der Waals surface area contributed by atoms with Crippen molar-refractivity contribution in [2.24, 2.45) is 4.99 Å². The van der Waals surface area contributed by atoms with Crippen molar-refractivity contribution in [3.63, 3.8) is 0 Å². The summed E-state index contributed by atoms with van der Waals surface area (Å²) in [4.78, 5) is 20.3. The van der Waals surface area contributed by atoms with Crippen LogP contribution in [0.1, 0.15) is 19.8 Å². The summed E-state index contributed by atoms with van der Waals surface area (Å²) in [6.45, 7) is 7.14. The van der Waals surface area contributed by atoms with Gasteiger partial charge in [0.15, 0.2) is 0 Å². The fourth-order valence-corrected chi connectivity index (χ4v) is 4.49. The molecule has 2 bridgehead atoms. The number of hydrogen-bond donors (Lipinski definition) is 2. The number of aliphatic imine (C=N–C) groups is 1. The standard InChI is InChI=1S/C19H29N5O3/c1-13-18(19(20-2)21-12-25)16(24-10-14-3-4-15(11-24)27-14)9-17(22-13)23-5-7-26-8-6-23/h9,12,14-15,17,22H,3-8,10-11H2,1-2H3,(H,20,21,25). The maximum Gasteiger partial charge on any atom is 0.212 e. The molecule has 0 aromatic rings. The molecule has 148 valence electrons. The second-order valence-electron chi connectivity index (χ2n) is 7.49. The summed E-state index contributed by atoms with van der Waals surface area (Å²) >= 11 is 0. The van der Waals surface area contributed by atoms with E-state index in [4.69, 9.17) is 9.47 Å². The Balaban J connectivity index is 1.66. The van der Waals surface area contributed by atoms with Crippen LogP contribution in [0, 0.1) is 0 Å². The molecule has 3 saturated heterocycles. The highest BCUT2D eigenvalue weighted by atomic mass is 16.5. The lowest BCUT2D eigenvalue weighted by Crippen LogP contribution is -2.53. The zero-order chi connectivity index (χ0) is 18.8. The number of amides is 1. The third-order valence-electron chi connectivity index (χ3n) is 5.79. The lowest BCUT2D eigenvalue weighted by atomic mass is 10.0. The number of nitrogens with zero attached hydrogens (tertiary/aromatic N) is 3. The summed E-state index contributed by atoms with van der Waals surface area (Å²) < 4.78 is 11.5. The highest BCUT2D eigenvalue weighted by molar-refractivity contribution is 6.07. The number of likely N-dealkylation sites (tertiary alicyclic amines) is 1. The van der Waals surface area contributed by atoms with Gasteiger partial charge in [-0.25, -0.2) is 0 Å². The minimum absolute atomic E-state index is 0.113. The number of fused-ring (bicyclic) bond motifs is 2. The van der Waals surface area contributed by atoms with E-state index in [0.717, 1.165) is 69.2 Å². The first-order chi connectivity index (χ1) is 13.2. The van der Waals surface area contributed by atoms with Crippen LogP contribution in [0.4, 0.5) is 0 Å². The minimum Gasteiger partial charge on any atom is -0.379 e. The Morgan fingerprint density at radius 1 is 1.30 bits per heavy atom. The molecule has 4 rings (SSSR count). The number of amidine groups is 1. The van der Waals surface area contributed by atoms with Crippen molar-refractivity contribution < 1.29 is 14.3 Å². The van der Waals surface area contributed by atoms with Crippen molar-refractivity contribution in [2.45, 2.75) is 38.1 Å². The molecule has 0 radical (unpaired) electrons. The number of carbonyl (C=O) groups is 1. The van der Waals surface area contributed by atoms with E-state index in [9.17, 15) is 4.79 Å². The lowest BCUT2D eigenvalue weighted by molar-refractivity contribution is -0.108. The van der Waals surface area contributed by atoms with E-state index in [0.29, 0.717) is 24.5 Å². The van der Waals surface area contributed by atoms with Crippen molar-refractivity contribution in [3.05, 3.63) is 23.0 Å². The average Bonchev–Trinajstić information content (AvgIpc) is 3.04. The summed E-state index contributed by atoms with van der Waals surface area (Å²) in [6.07, 6.45) is 5.92. The van der Waals surface area contributed by atoms with Crippen molar-refractivity contribution in [3.8, 4) is 0 Å². The molecule has 2 N–H and O–H groups in total. The van der Waals surface area contributed by atoms with Gasteiger partial charge < -0.3 is 25.0 Å². The van der Waals surface area contributed by atoms with Gasteiger partial charge in [0, 0.05) is 44.6 Å². The van der Waals surface area contributed by atoms with Crippen LogP contribution in [-0.2, 0) is 14.3 Å². The molecular weight excluding hydrogens is 346 g/mol. The Morgan fingerprint density at radius 3 is 2.63 bits per heavy atom. The van der Waals surface area contributed by atoms with Crippen LogP contribution in [0.15, 0.2) is 28.0 Å². The monoisotopic (exact) mass is 375 g/mol. The highest BCUT2D eigenvalue weighted by Gasteiger charge is 2.38. The van der Waals surface area contributed by atoms with Crippen LogP contribution >= 0.6 is 0 Å². The number of hydrogen-bond acceptors (Lipinski definition) is 7. The molecule has 0 aromatic carbocycles. The van der Waals surface area contributed by atoms with Crippen LogP contribution in [0.3, 0.4) is 0 Å². The van der Waals surface area contributed by atoms with E-state index in [1.54, 1.807) is 7.05 Å². The highest BCUT2D eigenvalue weighted by Crippen LogP contribution is 2.33. The molecule has 4 heterocycles. The van der Waals surface area contributed by atoms with Gasteiger partial charge in [-0.2, -0.15) is 0 Å². The van der Waals surface area contributed by atoms with E-state index < -0.39 is 0 Å². The first kappa shape index (κ1) is 18.5. The quantitative estimate of drug-likeness (QED) is 0.411. The number of ether oxygens (including phenoxy) is 2. The van der Waals surface area contributed by atoms with Gasteiger partial charge in [0.1, 0.15) is 12.0 Å². The van der Waals surface area contributed by atoms with Crippen LogP contribution in [0.2, 0.25) is 0 Å². The Labute approximate surface area is 160 Å². The lowest BCUT2D eigenvalue weighted by Gasteiger charge is -2.42. The first-order valence-corrected chi connectivity index (χ1v) is 9.78. The number of rotatable bonds is 4. The maximum atomic E-state index is 11.1. The predicted molar refractivity (Wildman–Crippen MR) is 102 cm³/mol. The van der Waals surface area contributed by atoms with E-state index in [1.165, 1.54) is 0 Å². The van der Waals surface area contributed by atoms with Crippen LogP contribution in [0.5, 0.6) is 0 Å². The van der Waals surface area contributed by atoms with E-state index in [2.05, 4.69) is 38.4 Å². The number of carbonyl (C=O) groups excluding carboxylic acids is 1. The summed E-state index contributed by atoms with van der Waals surface area (Å²) in [6, 6.07) is 0. The van der Waals surface area contributed by atoms with Crippen molar-refractivity contribution in [1.29, 1.82) is 0 Å². The summed E-state index contributed by atoms with van der Waals surface area (Å²) in [5, 5.41) is 6.37. The van der Waals surface area contributed by atoms with Gasteiger partial charge in [-0.1, -0.05) is 0 Å². The van der Waals surface area contributed by atoms with Crippen LogP contribution in [0.25, 0.3) is 0 Å². The fraction of sp³-hybridized carbons (Fsp3) is 0.684. The van der Waals surface area contributed by atoms with Gasteiger partial charge in [0.2, 0.25) is 6.41 Å². The molecule has 0 aromatic heterocycles. The van der Waals surface area contributed by atoms with Gasteiger partial charge in [-0.3, -0.25) is 14.7 Å². The Hall–Kier alpha value is -1.90. The number of dihydropyridines is 1. The molecule has 3 atom stereocenters.